The van der Waals surface area contributed by atoms with Crippen molar-refractivity contribution in [2.24, 2.45) is 5.92 Å². The van der Waals surface area contributed by atoms with Crippen molar-refractivity contribution in [1.29, 1.82) is 0 Å². The number of hydrogen-bond donors (Lipinski definition) is 2. The predicted molar refractivity (Wildman–Crippen MR) is 97.2 cm³/mol. The minimum absolute atomic E-state index is 0.0772. The summed E-state index contributed by atoms with van der Waals surface area (Å²) < 4.78 is 12.4. The summed E-state index contributed by atoms with van der Waals surface area (Å²) in [5.74, 6) is 0.604. The van der Waals surface area contributed by atoms with Gasteiger partial charge in [0.05, 0.1) is 16.6 Å². The van der Waals surface area contributed by atoms with Crippen LogP contribution >= 0.6 is 0 Å². The lowest BCUT2D eigenvalue weighted by molar-refractivity contribution is -0.120. The number of piperidine rings is 1. The van der Waals surface area contributed by atoms with E-state index < -0.39 is 10.8 Å². The SMILES string of the molecule is O=C(Nc1cccc(CS(=O)c2ccccc2)c1)C1CCNCC1. The average molecular weight is 342 g/mol. The second-order valence-corrected chi connectivity index (χ2v) is 7.47. The van der Waals surface area contributed by atoms with Crippen molar-refractivity contribution in [3.63, 3.8) is 0 Å². The number of hydrogen-bond acceptors (Lipinski definition) is 3. The van der Waals surface area contributed by atoms with Gasteiger partial charge in [0.15, 0.2) is 0 Å². The van der Waals surface area contributed by atoms with Gasteiger partial charge in [0, 0.05) is 16.5 Å². The first-order valence-electron chi connectivity index (χ1n) is 8.26. The zero-order valence-corrected chi connectivity index (χ0v) is 14.4. The zero-order valence-electron chi connectivity index (χ0n) is 13.5. The molecule has 24 heavy (non-hydrogen) atoms. The largest absolute Gasteiger partial charge is 0.326 e. The molecule has 0 aliphatic carbocycles. The maximum atomic E-state index is 12.4. The first kappa shape index (κ1) is 16.9. The van der Waals surface area contributed by atoms with E-state index in [0.717, 1.165) is 42.1 Å². The van der Waals surface area contributed by atoms with Gasteiger partial charge in [0.1, 0.15) is 0 Å². The second kappa shape index (κ2) is 8.22. The summed E-state index contributed by atoms with van der Waals surface area (Å²) in [6.07, 6.45) is 1.76. The highest BCUT2D eigenvalue weighted by Crippen LogP contribution is 2.18. The molecule has 5 heteroatoms. The Kier molecular flexibility index (Phi) is 5.77. The van der Waals surface area contributed by atoms with Crippen molar-refractivity contribution >= 4 is 22.4 Å². The van der Waals surface area contributed by atoms with Gasteiger partial charge in [0.25, 0.3) is 0 Å². The molecule has 2 aromatic carbocycles. The van der Waals surface area contributed by atoms with E-state index in [2.05, 4.69) is 10.6 Å². The summed E-state index contributed by atoms with van der Waals surface area (Å²) in [4.78, 5) is 13.1. The van der Waals surface area contributed by atoms with Gasteiger partial charge in [-0.1, -0.05) is 30.3 Å². The highest BCUT2D eigenvalue weighted by atomic mass is 32.2. The molecule has 1 saturated heterocycles. The van der Waals surface area contributed by atoms with Crippen LogP contribution in [0.2, 0.25) is 0 Å². The molecule has 1 atom stereocenters. The summed E-state index contributed by atoms with van der Waals surface area (Å²) in [7, 11) is -1.08. The van der Waals surface area contributed by atoms with Crippen molar-refractivity contribution in [2.75, 3.05) is 18.4 Å². The lowest BCUT2D eigenvalue weighted by Gasteiger charge is -2.21. The molecule has 2 N–H and O–H groups in total. The van der Waals surface area contributed by atoms with Crippen LogP contribution in [0.25, 0.3) is 0 Å². The Morgan fingerprint density at radius 3 is 2.58 bits per heavy atom. The number of carbonyl (C=O) groups excluding carboxylic acids is 1. The smallest absolute Gasteiger partial charge is 0.227 e. The molecule has 1 aliphatic rings. The van der Waals surface area contributed by atoms with E-state index in [1.165, 1.54) is 0 Å². The van der Waals surface area contributed by atoms with Crippen LogP contribution in [0.4, 0.5) is 5.69 Å². The van der Waals surface area contributed by atoms with Crippen LogP contribution in [0.15, 0.2) is 59.5 Å². The number of amides is 1. The average Bonchev–Trinajstić information content (AvgIpc) is 2.63. The highest BCUT2D eigenvalue weighted by Gasteiger charge is 2.20. The van der Waals surface area contributed by atoms with Crippen LogP contribution in [-0.4, -0.2) is 23.2 Å². The van der Waals surface area contributed by atoms with Gasteiger partial charge in [0.2, 0.25) is 5.91 Å². The van der Waals surface area contributed by atoms with Gasteiger partial charge < -0.3 is 10.6 Å². The molecule has 0 spiro atoms. The Labute approximate surface area is 145 Å². The summed E-state index contributed by atoms with van der Waals surface area (Å²) in [6, 6.07) is 17.1. The third-order valence-corrected chi connectivity index (χ3v) is 5.60. The quantitative estimate of drug-likeness (QED) is 0.878. The minimum atomic E-state index is -1.08. The van der Waals surface area contributed by atoms with Crippen molar-refractivity contribution in [2.45, 2.75) is 23.5 Å². The van der Waals surface area contributed by atoms with Gasteiger partial charge in [-0.15, -0.1) is 0 Å². The van der Waals surface area contributed by atoms with Gasteiger partial charge >= 0.3 is 0 Å². The van der Waals surface area contributed by atoms with Crippen LogP contribution in [0.5, 0.6) is 0 Å². The van der Waals surface area contributed by atoms with Crippen molar-refractivity contribution in [3.05, 3.63) is 60.2 Å². The molecular weight excluding hydrogens is 320 g/mol. The summed E-state index contributed by atoms with van der Waals surface area (Å²) in [6.45, 7) is 1.79. The molecular formula is C19H22N2O2S. The Morgan fingerprint density at radius 1 is 1.08 bits per heavy atom. The topological polar surface area (TPSA) is 58.2 Å². The number of nitrogens with one attached hydrogen (secondary N) is 2. The summed E-state index contributed by atoms with van der Waals surface area (Å²) in [5.41, 5.74) is 1.74. The number of rotatable bonds is 5. The fourth-order valence-corrected chi connectivity index (χ4v) is 3.98. The third-order valence-electron chi connectivity index (χ3n) is 4.21. The summed E-state index contributed by atoms with van der Waals surface area (Å²) >= 11 is 0. The molecule has 126 valence electrons. The Balaban J connectivity index is 1.63. The van der Waals surface area contributed by atoms with Crippen LogP contribution in [0, 0.1) is 5.92 Å². The Hall–Kier alpha value is -1.98. The molecule has 3 rings (SSSR count). The highest BCUT2D eigenvalue weighted by molar-refractivity contribution is 7.84. The molecule has 0 bridgehead atoms. The normalized spacial score (nSPS) is 16.5. The van der Waals surface area contributed by atoms with E-state index in [0.29, 0.717) is 5.75 Å². The van der Waals surface area contributed by atoms with E-state index >= 15 is 0 Å². The minimum Gasteiger partial charge on any atom is -0.326 e. The molecule has 0 radical (unpaired) electrons. The van der Waals surface area contributed by atoms with E-state index in [1.54, 1.807) is 0 Å². The molecule has 0 aromatic heterocycles. The van der Waals surface area contributed by atoms with Crippen LogP contribution in [0.3, 0.4) is 0 Å². The molecule has 1 unspecified atom stereocenters. The zero-order chi connectivity index (χ0) is 16.8. The molecule has 0 saturated carbocycles. The van der Waals surface area contributed by atoms with E-state index in [9.17, 15) is 9.00 Å². The van der Waals surface area contributed by atoms with Crippen molar-refractivity contribution < 1.29 is 9.00 Å². The van der Waals surface area contributed by atoms with Crippen molar-refractivity contribution in [3.8, 4) is 0 Å². The van der Waals surface area contributed by atoms with Crippen LogP contribution in [-0.2, 0) is 21.3 Å². The number of carbonyl (C=O) groups is 1. The molecule has 4 nitrogen and oxygen atoms in total. The molecule has 1 aliphatic heterocycles. The van der Waals surface area contributed by atoms with Gasteiger partial charge in [-0.05, 0) is 55.8 Å². The van der Waals surface area contributed by atoms with Gasteiger partial charge in [-0.2, -0.15) is 0 Å². The van der Waals surface area contributed by atoms with Gasteiger partial charge in [-0.3, -0.25) is 9.00 Å². The second-order valence-electron chi connectivity index (χ2n) is 6.02. The first-order valence-corrected chi connectivity index (χ1v) is 9.58. The molecule has 1 fully saturated rings. The Bertz CT molecular complexity index is 712. The maximum absolute atomic E-state index is 12.4. The van der Waals surface area contributed by atoms with Gasteiger partial charge in [-0.25, -0.2) is 0 Å². The maximum Gasteiger partial charge on any atom is 0.227 e. The molecule has 2 aromatic rings. The monoisotopic (exact) mass is 342 g/mol. The first-order chi connectivity index (χ1) is 11.7. The standard InChI is InChI=1S/C19H22N2O2S/c22-19(16-9-11-20-12-10-16)21-17-6-4-5-15(13-17)14-24(23)18-7-2-1-3-8-18/h1-8,13,16,20H,9-12,14H2,(H,21,22). The summed E-state index contributed by atoms with van der Waals surface area (Å²) in [5, 5.41) is 6.27. The number of benzene rings is 2. The van der Waals surface area contributed by atoms with E-state index in [1.807, 2.05) is 54.6 Å². The molecule has 1 amide bonds. The third kappa shape index (κ3) is 4.52. The fraction of sp³-hybridized carbons (Fsp3) is 0.316. The van der Waals surface area contributed by atoms with Crippen LogP contribution in [0.1, 0.15) is 18.4 Å². The Morgan fingerprint density at radius 2 is 1.83 bits per heavy atom. The lowest BCUT2D eigenvalue weighted by atomic mass is 9.97. The molecule has 1 heterocycles. The fourth-order valence-electron chi connectivity index (χ4n) is 2.87. The van der Waals surface area contributed by atoms with Crippen molar-refractivity contribution in [1.82, 2.24) is 5.32 Å². The number of anilines is 1. The predicted octanol–water partition coefficient (Wildman–Crippen LogP) is 2.93. The van der Waals surface area contributed by atoms with Crippen LogP contribution < -0.4 is 10.6 Å². The lowest BCUT2D eigenvalue weighted by Crippen LogP contribution is -2.34. The van der Waals surface area contributed by atoms with E-state index in [4.69, 9.17) is 0 Å². The van der Waals surface area contributed by atoms with E-state index in [-0.39, 0.29) is 11.8 Å².